The number of rotatable bonds is 8. The summed E-state index contributed by atoms with van der Waals surface area (Å²) < 4.78 is 3.79. The van der Waals surface area contributed by atoms with Crippen LogP contribution in [0.2, 0.25) is 0 Å². The number of nitrogens with zero attached hydrogens (tertiary/aromatic N) is 2. The van der Waals surface area contributed by atoms with E-state index in [1.807, 2.05) is 9.13 Å². The van der Waals surface area contributed by atoms with Crippen molar-refractivity contribution in [1.82, 2.24) is 9.13 Å². The number of benzene rings is 8. The lowest BCUT2D eigenvalue weighted by atomic mass is 9.90. The third kappa shape index (κ3) is 7.09. The minimum absolute atomic E-state index is 0.0590. The van der Waals surface area contributed by atoms with Crippen LogP contribution in [0.3, 0.4) is 0 Å². The highest BCUT2D eigenvalue weighted by atomic mass is 16.1. The summed E-state index contributed by atoms with van der Waals surface area (Å²) in [4.78, 5) is 14.7. The maximum Gasteiger partial charge on any atom is 0.338 e. The third-order valence-electron chi connectivity index (χ3n) is 11.5. The molecule has 0 N–H and O–H groups in total. The van der Waals surface area contributed by atoms with Gasteiger partial charge in [0.25, 0.3) is 0 Å². The number of imidazole rings is 1. The minimum atomic E-state index is -0.0590. The lowest BCUT2D eigenvalue weighted by Crippen LogP contribution is -2.23. The summed E-state index contributed by atoms with van der Waals surface area (Å²) in [6.45, 7) is 2.08. The summed E-state index contributed by atoms with van der Waals surface area (Å²) in [5.74, 6) is 0. The second-order valence-electron chi connectivity index (χ2n) is 15.4. The van der Waals surface area contributed by atoms with E-state index in [0.29, 0.717) is 0 Å². The molecule has 9 aromatic rings. The molecule has 0 saturated carbocycles. The van der Waals surface area contributed by atoms with Crippen LogP contribution in [0.25, 0.3) is 83.6 Å². The molecule has 3 nitrogen and oxygen atoms in total. The Hall–Kier alpha value is -7.49. The maximum absolute atomic E-state index is 14.7. The van der Waals surface area contributed by atoms with E-state index in [9.17, 15) is 4.79 Å². The van der Waals surface area contributed by atoms with Gasteiger partial charge in [0.2, 0.25) is 0 Å². The molecular weight excluding hydrogens is 717 g/mol. The van der Waals surface area contributed by atoms with Gasteiger partial charge in [0.15, 0.2) is 0 Å². The van der Waals surface area contributed by atoms with Crippen LogP contribution in [0.15, 0.2) is 217 Å². The maximum atomic E-state index is 14.7. The van der Waals surface area contributed by atoms with Gasteiger partial charge in [-0.15, -0.1) is 0 Å². The Bertz CT molecular complexity index is 2960. The van der Waals surface area contributed by atoms with Gasteiger partial charge in [0, 0.05) is 5.70 Å². The van der Waals surface area contributed by atoms with E-state index in [-0.39, 0.29) is 5.69 Å². The lowest BCUT2D eigenvalue weighted by Gasteiger charge is -2.18. The molecule has 0 spiro atoms. The van der Waals surface area contributed by atoms with Crippen LogP contribution < -0.4 is 5.69 Å². The Morgan fingerprint density at radius 3 is 1.20 bits per heavy atom. The quantitative estimate of drug-likeness (QED) is 0.152. The molecule has 1 aliphatic rings. The zero-order valence-electron chi connectivity index (χ0n) is 32.9. The predicted molar refractivity (Wildman–Crippen MR) is 247 cm³/mol. The standard InChI is InChI=1S/C56H42N2O/c1-39-22-31-54-55(32-39)58(53-29-25-45(26-30-53)51-37-48(42-18-10-4-11-19-42)34-49(38-51)43-20-12-5-13-21-43)56(59)57(54)52-27-23-44(24-28-52)50-35-46(40-14-6-2-7-15-40)33-47(36-50)41-16-8-3-9-17-41/h2-23,25-27,29-38H,24,28H2,1H3. The molecule has 0 fully saturated rings. The van der Waals surface area contributed by atoms with Gasteiger partial charge >= 0.3 is 5.69 Å². The molecule has 10 rings (SSSR count). The van der Waals surface area contributed by atoms with Gasteiger partial charge in [0.05, 0.1) is 16.7 Å². The number of aromatic nitrogens is 2. The molecule has 1 aromatic heterocycles. The van der Waals surface area contributed by atoms with Crippen molar-refractivity contribution in [2.75, 3.05) is 0 Å². The predicted octanol–water partition coefficient (Wildman–Crippen LogP) is 14.2. The molecule has 0 amide bonds. The molecule has 3 heteroatoms. The Labute approximate surface area is 345 Å². The zero-order chi connectivity index (χ0) is 39.7. The van der Waals surface area contributed by atoms with E-state index in [2.05, 4.69) is 219 Å². The molecule has 0 bridgehead atoms. The molecule has 1 aliphatic carbocycles. The average Bonchev–Trinajstić information content (AvgIpc) is 3.60. The summed E-state index contributed by atoms with van der Waals surface area (Å²) >= 11 is 0. The van der Waals surface area contributed by atoms with Crippen LogP contribution >= 0.6 is 0 Å². The number of hydrogen-bond donors (Lipinski definition) is 0. The normalized spacial score (nSPS) is 12.6. The smallest absolute Gasteiger partial charge is 0.264 e. The summed E-state index contributed by atoms with van der Waals surface area (Å²) in [6, 6.07) is 70.7. The van der Waals surface area contributed by atoms with Crippen LogP contribution in [-0.4, -0.2) is 9.13 Å². The Balaban J connectivity index is 1.03. The largest absolute Gasteiger partial charge is 0.338 e. The van der Waals surface area contributed by atoms with Gasteiger partial charge in [0.1, 0.15) is 0 Å². The SMILES string of the molecule is Cc1ccc2c(c1)n(-c1ccc(-c3cc(-c4ccccc4)cc(-c4ccccc4)c3)cc1)c(=O)n2C1=CC=C(c2cc(-c3ccccc3)cc(-c3ccccc3)c2)CC1. The van der Waals surface area contributed by atoms with E-state index < -0.39 is 0 Å². The van der Waals surface area contributed by atoms with E-state index in [1.165, 1.54) is 55.6 Å². The number of hydrogen-bond acceptors (Lipinski definition) is 1. The number of fused-ring (bicyclic) bond motifs is 1. The van der Waals surface area contributed by atoms with Gasteiger partial charge < -0.3 is 0 Å². The van der Waals surface area contributed by atoms with Crippen molar-refractivity contribution in [3.8, 4) is 61.3 Å². The monoisotopic (exact) mass is 758 g/mol. The zero-order valence-corrected chi connectivity index (χ0v) is 32.9. The van der Waals surface area contributed by atoms with E-state index in [0.717, 1.165) is 51.9 Å². The number of aryl methyl sites for hydroxylation is 1. The second-order valence-corrected chi connectivity index (χ2v) is 15.4. The Kier molecular flexibility index (Phi) is 9.40. The van der Waals surface area contributed by atoms with Crippen LogP contribution in [0.1, 0.15) is 24.0 Å². The Morgan fingerprint density at radius 2 is 0.780 bits per heavy atom. The van der Waals surface area contributed by atoms with E-state index in [4.69, 9.17) is 0 Å². The van der Waals surface area contributed by atoms with Crippen molar-refractivity contribution < 1.29 is 0 Å². The first-order chi connectivity index (χ1) is 29.1. The Morgan fingerprint density at radius 1 is 0.356 bits per heavy atom. The van der Waals surface area contributed by atoms with Crippen molar-refractivity contribution in [3.63, 3.8) is 0 Å². The van der Waals surface area contributed by atoms with Crippen LogP contribution in [-0.2, 0) is 0 Å². The van der Waals surface area contributed by atoms with Gasteiger partial charge in [-0.25, -0.2) is 4.79 Å². The van der Waals surface area contributed by atoms with Crippen molar-refractivity contribution >= 4 is 22.3 Å². The number of allylic oxidation sites excluding steroid dienone is 4. The van der Waals surface area contributed by atoms with Gasteiger partial charge in [-0.2, -0.15) is 0 Å². The molecule has 0 atom stereocenters. The van der Waals surface area contributed by atoms with Crippen molar-refractivity contribution in [2.24, 2.45) is 0 Å². The van der Waals surface area contributed by atoms with E-state index in [1.54, 1.807) is 0 Å². The molecule has 0 unspecified atom stereocenters. The first-order valence-electron chi connectivity index (χ1n) is 20.3. The molecule has 0 aliphatic heterocycles. The topological polar surface area (TPSA) is 26.9 Å². The van der Waals surface area contributed by atoms with Crippen molar-refractivity contribution in [1.29, 1.82) is 0 Å². The molecule has 59 heavy (non-hydrogen) atoms. The van der Waals surface area contributed by atoms with Crippen LogP contribution in [0, 0.1) is 6.92 Å². The first-order valence-corrected chi connectivity index (χ1v) is 20.3. The fourth-order valence-electron chi connectivity index (χ4n) is 8.49. The highest BCUT2D eigenvalue weighted by Gasteiger charge is 2.20. The highest BCUT2D eigenvalue weighted by molar-refractivity contribution is 5.86. The lowest BCUT2D eigenvalue weighted by molar-refractivity contribution is 0.893. The van der Waals surface area contributed by atoms with Crippen molar-refractivity contribution in [2.45, 2.75) is 19.8 Å². The van der Waals surface area contributed by atoms with E-state index >= 15 is 0 Å². The average molecular weight is 759 g/mol. The van der Waals surface area contributed by atoms with Gasteiger partial charge in [-0.3, -0.25) is 9.13 Å². The summed E-state index contributed by atoms with van der Waals surface area (Å²) in [5.41, 5.74) is 18.8. The molecule has 8 aromatic carbocycles. The first kappa shape index (κ1) is 35.9. The molecule has 282 valence electrons. The second kappa shape index (κ2) is 15.5. The van der Waals surface area contributed by atoms with Crippen molar-refractivity contribution in [3.05, 3.63) is 234 Å². The van der Waals surface area contributed by atoms with Crippen LogP contribution in [0.4, 0.5) is 0 Å². The minimum Gasteiger partial charge on any atom is -0.264 e. The van der Waals surface area contributed by atoms with Gasteiger partial charge in [-0.1, -0.05) is 146 Å². The fraction of sp³-hybridized carbons (Fsp3) is 0.0536. The molecule has 0 radical (unpaired) electrons. The van der Waals surface area contributed by atoms with Crippen LogP contribution in [0.5, 0.6) is 0 Å². The third-order valence-corrected chi connectivity index (χ3v) is 11.5. The highest BCUT2D eigenvalue weighted by Crippen LogP contribution is 2.37. The molecule has 0 saturated heterocycles. The fourth-order valence-corrected chi connectivity index (χ4v) is 8.49. The molecular formula is C56H42N2O. The summed E-state index contributed by atoms with van der Waals surface area (Å²) in [6.07, 6.45) is 5.93. The summed E-state index contributed by atoms with van der Waals surface area (Å²) in [7, 11) is 0. The summed E-state index contributed by atoms with van der Waals surface area (Å²) in [5, 5.41) is 0. The molecule has 1 heterocycles. The van der Waals surface area contributed by atoms with Gasteiger partial charge in [-0.05, 0) is 159 Å².